The summed E-state index contributed by atoms with van der Waals surface area (Å²) >= 11 is 14.3. The van der Waals surface area contributed by atoms with Crippen LogP contribution in [0.1, 0.15) is 5.56 Å². The Hall–Kier alpha value is -1.17. The van der Waals surface area contributed by atoms with Gasteiger partial charge in [-0.2, -0.15) is 0 Å². The monoisotopic (exact) mass is 358 g/mol. The normalized spacial score (nSPS) is 10.3. The van der Waals surface area contributed by atoms with Crippen LogP contribution in [0.2, 0.25) is 5.02 Å². The molecule has 2 nitrogen and oxygen atoms in total. The minimum atomic E-state index is -0.443. The predicted octanol–water partition coefficient (Wildman–Crippen LogP) is 4.62. The summed E-state index contributed by atoms with van der Waals surface area (Å²) < 4.78 is 14.5. The fourth-order valence-corrected chi connectivity index (χ4v) is 2.77. The predicted molar refractivity (Wildman–Crippen MR) is 84.7 cm³/mol. The van der Waals surface area contributed by atoms with Gasteiger partial charge in [-0.05, 0) is 40.2 Å². The summed E-state index contributed by atoms with van der Waals surface area (Å²) in [5.41, 5.74) is 7.07. The van der Waals surface area contributed by atoms with Gasteiger partial charge in [-0.1, -0.05) is 36.0 Å². The highest BCUT2D eigenvalue weighted by atomic mass is 79.9. The van der Waals surface area contributed by atoms with Gasteiger partial charge in [-0.15, -0.1) is 0 Å². The molecular formula is C13H9BrClFN2S. The molecule has 0 spiro atoms. The van der Waals surface area contributed by atoms with Crippen molar-refractivity contribution in [2.75, 3.05) is 5.32 Å². The smallest absolute Gasteiger partial charge is 0.148 e. The van der Waals surface area contributed by atoms with Gasteiger partial charge in [0.25, 0.3) is 0 Å². The van der Waals surface area contributed by atoms with E-state index < -0.39 is 5.82 Å². The molecular weight excluding hydrogens is 351 g/mol. The van der Waals surface area contributed by atoms with Crippen LogP contribution >= 0.6 is 39.7 Å². The van der Waals surface area contributed by atoms with E-state index in [1.165, 1.54) is 12.1 Å². The number of nitrogens with one attached hydrogen (secondary N) is 1. The van der Waals surface area contributed by atoms with Crippen molar-refractivity contribution < 1.29 is 4.39 Å². The first-order chi connectivity index (χ1) is 9.00. The van der Waals surface area contributed by atoms with Crippen molar-refractivity contribution >= 4 is 56.1 Å². The van der Waals surface area contributed by atoms with Gasteiger partial charge in [-0.3, -0.25) is 0 Å². The van der Waals surface area contributed by atoms with E-state index in [-0.39, 0.29) is 15.7 Å². The Labute approximate surface area is 128 Å². The second-order valence-electron chi connectivity index (χ2n) is 3.75. The van der Waals surface area contributed by atoms with Gasteiger partial charge in [0.05, 0.1) is 10.7 Å². The highest BCUT2D eigenvalue weighted by Crippen LogP contribution is 2.32. The van der Waals surface area contributed by atoms with Crippen LogP contribution in [0.15, 0.2) is 40.9 Å². The molecule has 0 aliphatic rings. The van der Waals surface area contributed by atoms with Crippen LogP contribution in [0.5, 0.6) is 0 Å². The lowest BCUT2D eigenvalue weighted by molar-refractivity contribution is 0.632. The Morgan fingerprint density at radius 3 is 2.58 bits per heavy atom. The molecule has 0 atom stereocenters. The van der Waals surface area contributed by atoms with E-state index in [0.29, 0.717) is 11.3 Å². The molecule has 2 aromatic rings. The average molecular weight is 360 g/mol. The molecule has 3 N–H and O–H groups in total. The zero-order valence-corrected chi connectivity index (χ0v) is 12.7. The molecule has 2 rings (SSSR count). The Kier molecular flexibility index (Phi) is 4.39. The number of rotatable bonds is 3. The first-order valence-electron chi connectivity index (χ1n) is 5.30. The Balaban J connectivity index is 2.50. The quantitative estimate of drug-likeness (QED) is 0.785. The largest absolute Gasteiger partial charge is 0.389 e. The van der Waals surface area contributed by atoms with Gasteiger partial charge in [0.2, 0.25) is 0 Å². The van der Waals surface area contributed by atoms with E-state index in [0.717, 1.165) is 4.47 Å². The number of benzene rings is 2. The van der Waals surface area contributed by atoms with E-state index in [1.54, 1.807) is 18.2 Å². The number of hydrogen-bond acceptors (Lipinski definition) is 2. The van der Waals surface area contributed by atoms with Crippen LogP contribution in [-0.4, -0.2) is 4.99 Å². The van der Waals surface area contributed by atoms with E-state index in [4.69, 9.17) is 29.6 Å². The number of halogens is 3. The number of para-hydroxylation sites is 1. The molecule has 0 amide bonds. The molecule has 0 radical (unpaired) electrons. The fourth-order valence-electron chi connectivity index (χ4n) is 1.63. The zero-order chi connectivity index (χ0) is 14.0. The summed E-state index contributed by atoms with van der Waals surface area (Å²) in [5, 5.41) is 3.21. The molecule has 0 saturated heterocycles. The van der Waals surface area contributed by atoms with Crippen molar-refractivity contribution in [3.63, 3.8) is 0 Å². The van der Waals surface area contributed by atoms with Gasteiger partial charge < -0.3 is 11.1 Å². The topological polar surface area (TPSA) is 38.0 Å². The maximum Gasteiger partial charge on any atom is 0.148 e. The highest BCUT2D eigenvalue weighted by molar-refractivity contribution is 9.10. The lowest BCUT2D eigenvalue weighted by Crippen LogP contribution is -2.13. The number of hydrogen-bond donors (Lipinski definition) is 2. The number of thiocarbonyl (C=S) groups is 1. The van der Waals surface area contributed by atoms with Crippen LogP contribution in [0, 0.1) is 5.82 Å². The molecule has 0 heterocycles. The molecule has 0 saturated carbocycles. The number of anilines is 2. The summed E-state index contributed by atoms with van der Waals surface area (Å²) in [6.07, 6.45) is 0. The molecule has 0 bridgehead atoms. The Morgan fingerprint density at radius 2 is 1.95 bits per heavy atom. The molecule has 2 aromatic carbocycles. The molecule has 0 unspecified atom stereocenters. The van der Waals surface area contributed by atoms with E-state index >= 15 is 0 Å². The molecule has 0 aliphatic carbocycles. The van der Waals surface area contributed by atoms with Gasteiger partial charge in [0, 0.05) is 15.7 Å². The maximum absolute atomic E-state index is 13.7. The summed E-state index contributed by atoms with van der Waals surface area (Å²) in [5.74, 6) is -0.443. The SMILES string of the molecule is NC(=S)c1c(Br)cccc1Nc1c(F)cccc1Cl. The molecule has 0 fully saturated rings. The van der Waals surface area contributed by atoms with E-state index in [1.807, 2.05) is 6.07 Å². The van der Waals surface area contributed by atoms with Crippen LogP contribution in [0.25, 0.3) is 0 Å². The molecule has 6 heteroatoms. The summed E-state index contributed by atoms with van der Waals surface area (Å²) in [6, 6.07) is 9.82. The lowest BCUT2D eigenvalue weighted by Gasteiger charge is -2.14. The van der Waals surface area contributed by atoms with Crippen molar-refractivity contribution in [1.82, 2.24) is 0 Å². The summed E-state index contributed by atoms with van der Waals surface area (Å²) in [4.78, 5) is 0.211. The summed E-state index contributed by atoms with van der Waals surface area (Å²) in [7, 11) is 0. The van der Waals surface area contributed by atoms with Crippen LogP contribution in [0.4, 0.5) is 15.8 Å². The van der Waals surface area contributed by atoms with Gasteiger partial charge in [0.1, 0.15) is 10.8 Å². The third kappa shape index (κ3) is 3.05. The van der Waals surface area contributed by atoms with Gasteiger partial charge >= 0.3 is 0 Å². The van der Waals surface area contributed by atoms with Crippen molar-refractivity contribution in [2.45, 2.75) is 0 Å². The summed E-state index contributed by atoms with van der Waals surface area (Å²) in [6.45, 7) is 0. The van der Waals surface area contributed by atoms with Gasteiger partial charge in [-0.25, -0.2) is 4.39 Å². The third-order valence-electron chi connectivity index (χ3n) is 2.48. The average Bonchev–Trinajstić information content (AvgIpc) is 2.33. The first kappa shape index (κ1) is 14.2. The lowest BCUT2D eigenvalue weighted by atomic mass is 10.1. The molecule has 19 heavy (non-hydrogen) atoms. The standard InChI is InChI=1S/C13H9BrClFN2S/c14-7-3-1-6-10(11(7)13(17)19)18-12-8(15)4-2-5-9(12)16/h1-6,18H,(H2,17,19). The zero-order valence-electron chi connectivity index (χ0n) is 9.58. The van der Waals surface area contributed by atoms with Crippen LogP contribution in [0.3, 0.4) is 0 Å². The maximum atomic E-state index is 13.7. The minimum absolute atomic E-state index is 0.194. The second kappa shape index (κ2) is 5.86. The van der Waals surface area contributed by atoms with Crippen LogP contribution in [-0.2, 0) is 0 Å². The first-order valence-corrected chi connectivity index (χ1v) is 6.88. The molecule has 0 aliphatic heterocycles. The Morgan fingerprint density at radius 1 is 1.26 bits per heavy atom. The van der Waals surface area contributed by atoms with Gasteiger partial charge in [0.15, 0.2) is 0 Å². The Bertz CT molecular complexity index is 628. The number of nitrogens with two attached hydrogens (primary N) is 1. The van der Waals surface area contributed by atoms with Crippen molar-refractivity contribution in [3.8, 4) is 0 Å². The highest BCUT2D eigenvalue weighted by Gasteiger charge is 2.13. The molecule has 98 valence electrons. The van der Waals surface area contributed by atoms with E-state index in [9.17, 15) is 4.39 Å². The fraction of sp³-hybridized carbons (Fsp3) is 0. The minimum Gasteiger partial charge on any atom is -0.389 e. The van der Waals surface area contributed by atoms with Crippen LogP contribution < -0.4 is 11.1 Å². The molecule has 0 aromatic heterocycles. The van der Waals surface area contributed by atoms with E-state index in [2.05, 4.69) is 21.2 Å². The third-order valence-corrected chi connectivity index (χ3v) is 3.66. The van der Waals surface area contributed by atoms with Crippen molar-refractivity contribution in [1.29, 1.82) is 0 Å². The van der Waals surface area contributed by atoms with Crippen molar-refractivity contribution in [3.05, 3.63) is 57.3 Å². The van der Waals surface area contributed by atoms with Crippen molar-refractivity contribution in [2.24, 2.45) is 5.73 Å². The second-order valence-corrected chi connectivity index (χ2v) is 5.45.